The summed E-state index contributed by atoms with van der Waals surface area (Å²) in [6, 6.07) is 9.83. The summed E-state index contributed by atoms with van der Waals surface area (Å²) in [6.45, 7) is 1.67. The van der Waals surface area contributed by atoms with Crippen molar-refractivity contribution in [2.45, 2.75) is 6.92 Å². The minimum Gasteiger partial charge on any atom is -0.289 e. The van der Waals surface area contributed by atoms with E-state index in [1.54, 1.807) is 31.2 Å². The van der Waals surface area contributed by atoms with E-state index in [-0.39, 0.29) is 11.6 Å². The lowest BCUT2D eigenvalue weighted by molar-refractivity contribution is 0.103. The molecule has 0 fully saturated rings. The largest absolute Gasteiger partial charge is 0.289 e. The molecule has 18 heavy (non-hydrogen) atoms. The molecule has 0 unspecified atom stereocenters. The average molecular weight is 372 g/mol. The van der Waals surface area contributed by atoms with Crippen LogP contribution in [0.15, 0.2) is 45.3 Å². The number of ketones is 1. The number of carbonyl (C=O) groups excluding carboxylic acids is 1. The van der Waals surface area contributed by atoms with Gasteiger partial charge in [-0.05, 0) is 36.8 Å². The van der Waals surface area contributed by atoms with Gasteiger partial charge in [0.05, 0.1) is 0 Å². The maximum Gasteiger partial charge on any atom is 0.194 e. The molecule has 0 atom stereocenters. The highest BCUT2D eigenvalue weighted by Gasteiger charge is 2.14. The number of hydrogen-bond donors (Lipinski definition) is 0. The third-order valence-electron chi connectivity index (χ3n) is 2.61. The lowest BCUT2D eigenvalue weighted by atomic mass is 10.0. The number of hydrogen-bond acceptors (Lipinski definition) is 1. The summed E-state index contributed by atoms with van der Waals surface area (Å²) < 4.78 is 15.0. The van der Waals surface area contributed by atoms with Crippen LogP contribution in [0.1, 0.15) is 21.5 Å². The Morgan fingerprint density at radius 2 is 1.83 bits per heavy atom. The Labute approximate surface area is 121 Å². The summed E-state index contributed by atoms with van der Waals surface area (Å²) >= 11 is 6.64. The summed E-state index contributed by atoms with van der Waals surface area (Å²) in [5.74, 6) is -0.575. The summed E-state index contributed by atoms with van der Waals surface area (Å²) in [5, 5.41) is 0. The van der Waals surface area contributed by atoms with Crippen molar-refractivity contribution in [3.05, 3.63) is 67.9 Å². The van der Waals surface area contributed by atoms with Crippen LogP contribution in [-0.2, 0) is 0 Å². The third-order valence-corrected chi connectivity index (χ3v) is 3.79. The predicted molar refractivity (Wildman–Crippen MR) is 76.4 cm³/mol. The predicted octanol–water partition coefficient (Wildman–Crippen LogP) is 4.89. The van der Waals surface area contributed by atoms with Crippen molar-refractivity contribution in [1.29, 1.82) is 0 Å². The Bertz CT molecular complexity index is 623. The van der Waals surface area contributed by atoms with E-state index in [1.807, 2.05) is 6.07 Å². The van der Waals surface area contributed by atoms with Crippen LogP contribution in [-0.4, -0.2) is 5.78 Å². The van der Waals surface area contributed by atoms with Gasteiger partial charge in [-0.3, -0.25) is 4.79 Å². The number of benzene rings is 2. The zero-order valence-electron chi connectivity index (χ0n) is 9.51. The van der Waals surface area contributed by atoms with Crippen molar-refractivity contribution >= 4 is 37.6 Å². The van der Waals surface area contributed by atoms with Gasteiger partial charge in [0.25, 0.3) is 0 Å². The molecule has 0 saturated heterocycles. The fourth-order valence-electron chi connectivity index (χ4n) is 1.56. The molecule has 2 rings (SSSR count). The van der Waals surface area contributed by atoms with Gasteiger partial charge in [0.2, 0.25) is 0 Å². The fraction of sp³-hybridized carbons (Fsp3) is 0.0714. The van der Waals surface area contributed by atoms with Crippen LogP contribution < -0.4 is 0 Å². The Balaban J connectivity index is 2.47. The molecule has 0 spiro atoms. The van der Waals surface area contributed by atoms with Gasteiger partial charge >= 0.3 is 0 Å². The molecule has 0 bridgehead atoms. The number of carbonyl (C=O) groups is 1. The highest BCUT2D eigenvalue weighted by Crippen LogP contribution is 2.24. The van der Waals surface area contributed by atoms with Crippen LogP contribution in [0.3, 0.4) is 0 Å². The second kappa shape index (κ2) is 5.33. The SMILES string of the molecule is Cc1ccc(C(=O)c2cc(Br)ccc2Br)cc1F. The molecule has 0 heterocycles. The Morgan fingerprint density at radius 3 is 2.50 bits per heavy atom. The molecule has 4 heteroatoms. The van der Waals surface area contributed by atoms with E-state index in [4.69, 9.17) is 0 Å². The van der Waals surface area contributed by atoms with E-state index in [9.17, 15) is 9.18 Å². The molecule has 2 aromatic carbocycles. The summed E-state index contributed by atoms with van der Waals surface area (Å²) in [5.41, 5.74) is 1.38. The molecule has 0 aromatic heterocycles. The van der Waals surface area contributed by atoms with Crippen LogP contribution in [0.25, 0.3) is 0 Å². The first-order valence-corrected chi connectivity index (χ1v) is 6.83. The van der Waals surface area contributed by atoms with Gasteiger partial charge in [0, 0.05) is 20.1 Å². The molecule has 0 N–H and O–H groups in total. The Hall–Kier alpha value is -1.00. The highest BCUT2D eigenvalue weighted by atomic mass is 79.9. The van der Waals surface area contributed by atoms with Gasteiger partial charge in [0.15, 0.2) is 5.78 Å². The van der Waals surface area contributed by atoms with Crippen LogP contribution in [0.5, 0.6) is 0 Å². The first kappa shape index (κ1) is 13.4. The molecular formula is C14H9Br2FO. The van der Waals surface area contributed by atoms with Gasteiger partial charge in [-0.25, -0.2) is 4.39 Å². The quantitative estimate of drug-likeness (QED) is 0.687. The summed E-state index contributed by atoms with van der Waals surface area (Å²) in [7, 11) is 0. The summed E-state index contributed by atoms with van der Waals surface area (Å²) in [4.78, 5) is 12.3. The zero-order valence-corrected chi connectivity index (χ0v) is 12.7. The number of halogens is 3. The zero-order chi connectivity index (χ0) is 13.3. The van der Waals surface area contributed by atoms with Crippen molar-refractivity contribution in [3.63, 3.8) is 0 Å². The van der Waals surface area contributed by atoms with Gasteiger partial charge in [-0.15, -0.1) is 0 Å². The molecule has 0 saturated carbocycles. The van der Waals surface area contributed by atoms with E-state index in [1.165, 1.54) is 6.07 Å². The maximum atomic E-state index is 13.5. The van der Waals surface area contributed by atoms with E-state index < -0.39 is 0 Å². The molecule has 92 valence electrons. The second-order valence-corrected chi connectivity index (χ2v) is 5.69. The van der Waals surface area contributed by atoms with Crippen LogP contribution in [0, 0.1) is 12.7 Å². The van der Waals surface area contributed by atoms with Crippen LogP contribution >= 0.6 is 31.9 Å². The van der Waals surface area contributed by atoms with E-state index >= 15 is 0 Å². The normalized spacial score (nSPS) is 10.4. The first-order valence-electron chi connectivity index (χ1n) is 5.25. The molecule has 0 radical (unpaired) electrons. The van der Waals surface area contributed by atoms with Gasteiger partial charge in [-0.2, -0.15) is 0 Å². The van der Waals surface area contributed by atoms with E-state index in [0.717, 1.165) is 4.47 Å². The van der Waals surface area contributed by atoms with E-state index in [2.05, 4.69) is 31.9 Å². The molecule has 0 aliphatic carbocycles. The minimum atomic E-state index is -0.369. The summed E-state index contributed by atoms with van der Waals surface area (Å²) in [6.07, 6.45) is 0. The number of aryl methyl sites for hydroxylation is 1. The number of rotatable bonds is 2. The van der Waals surface area contributed by atoms with Gasteiger partial charge in [0.1, 0.15) is 5.82 Å². The van der Waals surface area contributed by atoms with Crippen molar-refractivity contribution < 1.29 is 9.18 Å². The smallest absolute Gasteiger partial charge is 0.194 e. The first-order chi connectivity index (χ1) is 8.49. The van der Waals surface area contributed by atoms with Gasteiger partial charge < -0.3 is 0 Å². The topological polar surface area (TPSA) is 17.1 Å². The molecule has 0 aliphatic heterocycles. The molecule has 0 amide bonds. The van der Waals surface area contributed by atoms with Crippen LogP contribution in [0.2, 0.25) is 0 Å². The molecule has 0 aliphatic rings. The van der Waals surface area contributed by atoms with Crippen molar-refractivity contribution in [2.75, 3.05) is 0 Å². The lowest BCUT2D eigenvalue weighted by Gasteiger charge is -2.06. The fourth-order valence-corrected chi connectivity index (χ4v) is 2.35. The molecule has 2 aromatic rings. The van der Waals surface area contributed by atoms with Crippen molar-refractivity contribution in [1.82, 2.24) is 0 Å². The minimum absolute atomic E-state index is 0.206. The second-order valence-electron chi connectivity index (χ2n) is 3.92. The van der Waals surface area contributed by atoms with Crippen LogP contribution in [0.4, 0.5) is 4.39 Å². The van der Waals surface area contributed by atoms with E-state index in [0.29, 0.717) is 21.2 Å². The Kier molecular flexibility index (Phi) is 3.97. The van der Waals surface area contributed by atoms with Crippen molar-refractivity contribution in [2.24, 2.45) is 0 Å². The molecular weight excluding hydrogens is 363 g/mol. The average Bonchev–Trinajstić information content (AvgIpc) is 2.35. The standard InChI is InChI=1S/C14H9Br2FO/c1-8-2-3-9(6-13(8)17)14(18)11-7-10(15)4-5-12(11)16/h2-7H,1H3. The lowest BCUT2D eigenvalue weighted by Crippen LogP contribution is -2.03. The third kappa shape index (κ3) is 2.70. The molecule has 1 nitrogen and oxygen atoms in total. The Morgan fingerprint density at radius 1 is 1.11 bits per heavy atom. The van der Waals surface area contributed by atoms with Gasteiger partial charge in [-0.1, -0.05) is 44.0 Å². The maximum absolute atomic E-state index is 13.5. The highest BCUT2D eigenvalue weighted by molar-refractivity contribution is 9.11. The van der Waals surface area contributed by atoms with Crippen molar-refractivity contribution in [3.8, 4) is 0 Å². The monoisotopic (exact) mass is 370 g/mol.